The van der Waals surface area contributed by atoms with Gasteiger partial charge in [0.1, 0.15) is 0 Å². The van der Waals surface area contributed by atoms with Crippen LogP contribution in [-0.4, -0.2) is 42.9 Å². The molecule has 6 heteroatoms. The van der Waals surface area contributed by atoms with Gasteiger partial charge in [-0.2, -0.15) is 0 Å². The van der Waals surface area contributed by atoms with Crippen molar-refractivity contribution in [3.63, 3.8) is 0 Å². The molecular weight excluding hydrogens is 234 g/mol. The molecule has 3 atom stereocenters. The Balaban J connectivity index is 1.66. The van der Waals surface area contributed by atoms with Crippen LogP contribution >= 0.6 is 0 Å². The minimum atomic E-state index is -0.228. The van der Waals surface area contributed by atoms with E-state index in [4.69, 9.17) is 9.26 Å². The highest BCUT2D eigenvalue weighted by Crippen LogP contribution is 2.25. The van der Waals surface area contributed by atoms with Crippen molar-refractivity contribution >= 4 is 5.91 Å². The Labute approximate surface area is 105 Å². The quantitative estimate of drug-likeness (QED) is 0.783. The number of aromatic nitrogens is 1. The first kappa shape index (κ1) is 11.7. The van der Waals surface area contributed by atoms with E-state index in [-0.39, 0.29) is 23.8 Å². The summed E-state index contributed by atoms with van der Waals surface area (Å²) in [6.45, 7) is 2.50. The van der Waals surface area contributed by atoms with Crippen LogP contribution in [0.4, 0.5) is 0 Å². The van der Waals surface area contributed by atoms with Crippen molar-refractivity contribution in [1.82, 2.24) is 15.8 Å². The van der Waals surface area contributed by atoms with E-state index in [2.05, 4.69) is 15.8 Å². The molecule has 0 saturated carbocycles. The summed E-state index contributed by atoms with van der Waals surface area (Å²) in [6, 6.07) is 1.56. The SMILES string of the molecule is O=C(N[C@@H]1CNC[C@@H]2CCCO[C@@H]21)c1ccno1. The van der Waals surface area contributed by atoms with Gasteiger partial charge in [0.2, 0.25) is 5.76 Å². The number of ether oxygens (including phenoxy) is 1. The summed E-state index contributed by atoms with van der Waals surface area (Å²) >= 11 is 0. The molecular formula is C12H17N3O3. The fourth-order valence-corrected chi connectivity index (χ4v) is 2.77. The van der Waals surface area contributed by atoms with Gasteiger partial charge in [0, 0.05) is 25.8 Å². The number of nitrogens with zero attached hydrogens (tertiary/aromatic N) is 1. The molecule has 0 unspecified atom stereocenters. The Morgan fingerprint density at radius 1 is 1.50 bits per heavy atom. The van der Waals surface area contributed by atoms with E-state index in [0.717, 1.165) is 32.5 Å². The summed E-state index contributed by atoms with van der Waals surface area (Å²) in [6.07, 6.45) is 3.85. The molecule has 2 saturated heterocycles. The molecule has 1 aromatic rings. The van der Waals surface area contributed by atoms with Gasteiger partial charge < -0.3 is 19.9 Å². The standard InChI is InChI=1S/C12H17N3O3/c16-12(10-3-4-14-18-10)15-9-7-13-6-8-2-1-5-17-11(8)9/h3-4,8-9,11,13H,1-2,5-7H2,(H,15,16)/t8-,9+,11-/m0/s1. The smallest absolute Gasteiger partial charge is 0.290 e. The predicted molar refractivity (Wildman–Crippen MR) is 63.1 cm³/mol. The number of hydrogen-bond donors (Lipinski definition) is 2. The number of rotatable bonds is 2. The molecule has 3 rings (SSSR count). The summed E-state index contributed by atoms with van der Waals surface area (Å²) in [7, 11) is 0. The normalized spacial score (nSPS) is 31.7. The van der Waals surface area contributed by atoms with Crippen molar-refractivity contribution in [2.45, 2.75) is 25.0 Å². The Morgan fingerprint density at radius 3 is 3.28 bits per heavy atom. The molecule has 1 amide bonds. The minimum absolute atomic E-state index is 0.00153. The average molecular weight is 251 g/mol. The lowest BCUT2D eigenvalue weighted by atomic mass is 9.86. The second kappa shape index (κ2) is 5.07. The number of fused-ring (bicyclic) bond motifs is 1. The van der Waals surface area contributed by atoms with Gasteiger partial charge in [0.05, 0.1) is 18.3 Å². The molecule has 2 fully saturated rings. The van der Waals surface area contributed by atoms with Gasteiger partial charge >= 0.3 is 0 Å². The van der Waals surface area contributed by atoms with E-state index >= 15 is 0 Å². The molecule has 2 N–H and O–H groups in total. The maximum Gasteiger partial charge on any atom is 0.290 e. The van der Waals surface area contributed by atoms with E-state index in [9.17, 15) is 4.79 Å². The highest BCUT2D eigenvalue weighted by Gasteiger charge is 2.37. The van der Waals surface area contributed by atoms with Gasteiger partial charge in [-0.25, -0.2) is 0 Å². The maximum absolute atomic E-state index is 11.9. The molecule has 2 aliphatic heterocycles. The Morgan fingerprint density at radius 2 is 2.44 bits per heavy atom. The summed E-state index contributed by atoms with van der Waals surface area (Å²) in [5.41, 5.74) is 0. The Hall–Kier alpha value is -1.40. The summed E-state index contributed by atoms with van der Waals surface area (Å²) < 4.78 is 10.7. The van der Waals surface area contributed by atoms with Gasteiger partial charge in [0.25, 0.3) is 5.91 Å². The van der Waals surface area contributed by atoms with E-state index < -0.39 is 0 Å². The van der Waals surface area contributed by atoms with Crippen LogP contribution in [0.3, 0.4) is 0 Å². The minimum Gasteiger partial charge on any atom is -0.376 e. The van der Waals surface area contributed by atoms with Crippen LogP contribution in [-0.2, 0) is 4.74 Å². The molecule has 1 aromatic heterocycles. The summed E-state index contributed by atoms with van der Waals surface area (Å²) in [5.74, 6) is 0.509. The molecule has 18 heavy (non-hydrogen) atoms. The van der Waals surface area contributed by atoms with E-state index in [0.29, 0.717) is 5.92 Å². The summed E-state index contributed by atoms with van der Waals surface area (Å²) in [4.78, 5) is 11.9. The van der Waals surface area contributed by atoms with Crippen molar-refractivity contribution in [2.75, 3.05) is 19.7 Å². The molecule has 0 spiro atoms. The van der Waals surface area contributed by atoms with Crippen LogP contribution in [0, 0.1) is 5.92 Å². The maximum atomic E-state index is 11.9. The monoisotopic (exact) mass is 251 g/mol. The predicted octanol–water partition coefficient (Wildman–Crippen LogP) is 0.171. The van der Waals surface area contributed by atoms with Crippen molar-refractivity contribution in [3.05, 3.63) is 18.0 Å². The fraction of sp³-hybridized carbons (Fsp3) is 0.667. The number of carbonyl (C=O) groups is 1. The lowest BCUT2D eigenvalue weighted by molar-refractivity contribution is -0.0574. The number of piperidine rings is 1. The highest BCUT2D eigenvalue weighted by molar-refractivity contribution is 5.91. The van der Waals surface area contributed by atoms with E-state index in [1.807, 2.05) is 0 Å². The molecule has 6 nitrogen and oxygen atoms in total. The lowest BCUT2D eigenvalue weighted by Gasteiger charge is -2.41. The van der Waals surface area contributed by atoms with Crippen molar-refractivity contribution in [2.24, 2.45) is 5.92 Å². The van der Waals surface area contributed by atoms with Gasteiger partial charge in [-0.15, -0.1) is 0 Å². The second-order valence-electron chi connectivity index (χ2n) is 4.85. The zero-order valence-corrected chi connectivity index (χ0v) is 10.1. The molecule has 3 heterocycles. The third-order valence-corrected chi connectivity index (χ3v) is 3.64. The number of nitrogens with one attached hydrogen (secondary N) is 2. The zero-order chi connectivity index (χ0) is 12.4. The molecule has 0 aromatic carbocycles. The third kappa shape index (κ3) is 2.26. The van der Waals surface area contributed by atoms with Crippen molar-refractivity contribution in [1.29, 1.82) is 0 Å². The first-order valence-electron chi connectivity index (χ1n) is 6.38. The number of hydrogen-bond acceptors (Lipinski definition) is 5. The molecule has 0 aliphatic carbocycles. The topological polar surface area (TPSA) is 76.4 Å². The van der Waals surface area contributed by atoms with Gasteiger partial charge in [-0.1, -0.05) is 5.16 Å². The van der Waals surface area contributed by atoms with Gasteiger partial charge in [-0.05, 0) is 18.8 Å². The second-order valence-corrected chi connectivity index (χ2v) is 4.85. The van der Waals surface area contributed by atoms with Gasteiger partial charge in [-0.3, -0.25) is 4.79 Å². The van der Waals surface area contributed by atoms with Crippen molar-refractivity contribution < 1.29 is 14.1 Å². The Kier molecular flexibility index (Phi) is 3.29. The highest BCUT2D eigenvalue weighted by atomic mass is 16.5. The first-order chi connectivity index (χ1) is 8.84. The van der Waals surface area contributed by atoms with Crippen LogP contribution in [0.5, 0.6) is 0 Å². The van der Waals surface area contributed by atoms with Crippen LogP contribution in [0.15, 0.2) is 16.8 Å². The summed E-state index contributed by atoms with van der Waals surface area (Å²) in [5, 5.41) is 9.84. The molecule has 2 aliphatic rings. The molecule has 0 radical (unpaired) electrons. The first-order valence-corrected chi connectivity index (χ1v) is 6.38. The number of amides is 1. The van der Waals surface area contributed by atoms with Crippen LogP contribution in [0.1, 0.15) is 23.4 Å². The molecule has 98 valence electrons. The number of carbonyl (C=O) groups excluding carboxylic acids is 1. The van der Waals surface area contributed by atoms with Crippen LogP contribution < -0.4 is 10.6 Å². The van der Waals surface area contributed by atoms with E-state index in [1.54, 1.807) is 6.07 Å². The van der Waals surface area contributed by atoms with E-state index in [1.165, 1.54) is 6.20 Å². The third-order valence-electron chi connectivity index (χ3n) is 3.64. The van der Waals surface area contributed by atoms with Crippen molar-refractivity contribution in [3.8, 4) is 0 Å². The fourth-order valence-electron chi connectivity index (χ4n) is 2.77. The lowest BCUT2D eigenvalue weighted by Crippen LogP contribution is -2.59. The molecule has 0 bridgehead atoms. The largest absolute Gasteiger partial charge is 0.376 e. The Bertz CT molecular complexity index is 405. The zero-order valence-electron chi connectivity index (χ0n) is 10.1. The van der Waals surface area contributed by atoms with Crippen LogP contribution in [0.2, 0.25) is 0 Å². The van der Waals surface area contributed by atoms with Crippen LogP contribution in [0.25, 0.3) is 0 Å². The van der Waals surface area contributed by atoms with Gasteiger partial charge in [0.15, 0.2) is 0 Å². The average Bonchev–Trinajstić information content (AvgIpc) is 2.93.